The van der Waals surface area contributed by atoms with Crippen molar-refractivity contribution in [3.8, 4) is 0 Å². The maximum Gasteiger partial charge on any atom is 0.348 e. The molecule has 0 atom stereocenters. The Morgan fingerprint density at radius 2 is 2.19 bits per heavy atom. The van der Waals surface area contributed by atoms with Gasteiger partial charge in [0.2, 0.25) is 0 Å². The SMILES string of the molecule is Cc1nc2n(n1)C(=O)Nc1ccccc1C2. The van der Waals surface area contributed by atoms with E-state index in [9.17, 15) is 4.79 Å². The zero-order valence-electron chi connectivity index (χ0n) is 8.77. The predicted molar refractivity (Wildman–Crippen MR) is 58.4 cm³/mol. The molecule has 80 valence electrons. The van der Waals surface area contributed by atoms with Crippen LogP contribution in [0.1, 0.15) is 17.2 Å². The second-order valence-electron chi connectivity index (χ2n) is 3.75. The summed E-state index contributed by atoms with van der Waals surface area (Å²) in [6, 6.07) is 7.46. The van der Waals surface area contributed by atoms with Gasteiger partial charge in [-0.1, -0.05) is 18.2 Å². The molecule has 0 spiro atoms. The number of hydrogen-bond donors (Lipinski definition) is 1. The summed E-state index contributed by atoms with van der Waals surface area (Å²) in [5, 5.41) is 6.88. The molecule has 0 saturated heterocycles. The van der Waals surface area contributed by atoms with Crippen molar-refractivity contribution in [1.29, 1.82) is 0 Å². The average molecular weight is 214 g/mol. The molecule has 0 unspecified atom stereocenters. The number of para-hydroxylation sites is 1. The summed E-state index contributed by atoms with van der Waals surface area (Å²) in [6.45, 7) is 1.78. The highest BCUT2D eigenvalue weighted by atomic mass is 16.2. The van der Waals surface area contributed by atoms with E-state index in [1.807, 2.05) is 24.3 Å². The molecule has 0 bridgehead atoms. The van der Waals surface area contributed by atoms with Crippen molar-refractivity contribution < 1.29 is 4.79 Å². The minimum Gasteiger partial charge on any atom is -0.306 e. The predicted octanol–water partition coefficient (Wildman–Crippen LogP) is 1.57. The molecular formula is C11H10N4O. The van der Waals surface area contributed by atoms with Crippen LogP contribution in [-0.4, -0.2) is 20.8 Å². The molecule has 2 heterocycles. The molecule has 0 saturated carbocycles. The molecule has 2 aromatic rings. The van der Waals surface area contributed by atoms with Crippen molar-refractivity contribution >= 4 is 11.7 Å². The van der Waals surface area contributed by atoms with Gasteiger partial charge >= 0.3 is 6.03 Å². The van der Waals surface area contributed by atoms with Crippen molar-refractivity contribution in [2.45, 2.75) is 13.3 Å². The van der Waals surface area contributed by atoms with Crippen LogP contribution >= 0.6 is 0 Å². The molecule has 5 nitrogen and oxygen atoms in total. The number of nitrogens with zero attached hydrogens (tertiary/aromatic N) is 3. The number of nitrogens with one attached hydrogen (secondary N) is 1. The summed E-state index contributed by atoms with van der Waals surface area (Å²) in [5.74, 6) is 1.30. The molecule has 1 aromatic heterocycles. The highest BCUT2D eigenvalue weighted by Crippen LogP contribution is 2.21. The van der Waals surface area contributed by atoms with Crippen LogP contribution in [-0.2, 0) is 6.42 Å². The number of benzene rings is 1. The fourth-order valence-electron chi connectivity index (χ4n) is 1.87. The van der Waals surface area contributed by atoms with Gasteiger partial charge in [-0.05, 0) is 18.6 Å². The standard InChI is InChI=1S/C11H10N4O/c1-7-12-10-6-8-4-2-3-5-9(8)13-11(16)15(10)14-7/h2-5H,6H2,1H3,(H,13,16). The van der Waals surface area contributed by atoms with Crippen LogP contribution in [0.5, 0.6) is 0 Å². The highest BCUT2D eigenvalue weighted by Gasteiger charge is 2.20. The highest BCUT2D eigenvalue weighted by molar-refractivity contribution is 5.92. The van der Waals surface area contributed by atoms with Crippen LogP contribution in [0.25, 0.3) is 0 Å². The molecule has 1 amide bonds. The van der Waals surface area contributed by atoms with Gasteiger partial charge in [-0.25, -0.2) is 9.78 Å². The smallest absolute Gasteiger partial charge is 0.306 e. The van der Waals surface area contributed by atoms with E-state index in [4.69, 9.17) is 0 Å². The minimum atomic E-state index is -0.249. The molecule has 16 heavy (non-hydrogen) atoms. The van der Waals surface area contributed by atoms with Crippen LogP contribution in [0.4, 0.5) is 10.5 Å². The van der Waals surface area contributed by atoms with E-state index in [1.54, 1.807) is 6.92 Å². The van der Waals surface area contributed by atoms with Gasteiger partial charge in [-0.3, -0.25) is 0 Å². The van der Waals surface area contributed by atoms with Crippen molar-refractivity contribution in [3.63, 3.8) is 0 Å². The molecule has 1 aliphatic heterocycles. The molecule has 1 N–H and O–H groups in total. The normalized spacial score (nSPS) is 13.7. The molecule has 0 fully saturated rings. The number of fused-ring (bicyclic) bond motifs is 2. The zero-order valence-corrected chi connectivity index (χ0v) is 8.77. The van der Waals surface area contributed by atoms with E-state index in [-0.39, 0.29) is 6.03 Å². The molecule has 0 aliphatic carbocycles. The van der Waals surface area contributed by atoms with E-state index in [0.29, 0.717) is 18.1 Å². The summed E-state index contributed by atoms with van der Waals surface area (Å²) in [4.78, 5) is 16.1. The first-order valence-electron chi connectivity index (χ1n) is 5.06. The Kier molecular flexibility index (Phi) is 1.80. The lowest BCUT2D eigenvalue weighted by Gasteiger charge is -2.04. The van der Waals surface area contributed by atoms with Crippen molar-refractivity contribution in [3.05, 3.63) is 41.5 Å². The second kappa shape index (κ2) is 3.16. The number of amides is 1. The Morgan fingerprint density at radius 3 is 3.06 bits per heavy atom. The lowest BCUT2D eigenvalue weighted by Crippen LogP contribution is -2.20. The quantitative estimate of drug-likeness (QED) is 0.724. The lowest BCUT2D eigenvalue weighted by atomic mass is 10.1. The number of aryl methyl sites for hydroxylation is 1. The van der Waals surface area contributed by atoms with Gasteiger partial charge in [0.15, 0.2) is 0 Å². The van der Waals surface area contributed by atoms with Crippen LogP contribution in [0.15, 0.2) is 24.3 Å². The number of rotatable bonds is 0. The van der Waals surface area contributed by atoms with Gasteiger partial charge < -0.3 is 5.32 Å². The Hall–Kier alpha value is -2.17. The Balaban J connectivity index is 2.17. The molecule has 1 aliphatic rings. The van der Waals surface area contributed by atoms with E-state index >= 15 is 0 Å². The van der Waals surface area contributed by atoms with Gasteiger partial charge in [0.25, 0.3) is 0 Å². The van der Waals surface area contributed by atoms with E-state index in [1.165, 1.54) is 4.68 Å². The number of aromatic nitrogens is 3. The molecule has 5 heteroatoms. The van der Waals surface area contributed by atoms with Gasteiger partial charge in [-0.2, -0.15) is 4.68 Å². The first kappa shape index (κ1) is 9.08. The van der Waals surface area contributed by atoms with Crippen LogP contribution in [0, 0.1) is 6.92 Å². The third-order valence-corrected chi connectivity index (χ3v) is 2.58. The Labute approximate surface area is 92.1 Å². The number of anilines is 1. The van der Waals surface area contributed by atoms with Gasteiger partial charge in [0.05, 0.1) is 0 Å². The number of hydrogen-bond acceptors (Lipinski definition) is 3. The Morgan fingerprint density at radius 1 is 1.38 bits per heavy atom. The molecule has 1 aromatic carbocycles. The molecule has 3 rings (SSSR count). The van der Waals surface area contributed by atoms with E-state index in [2.05, 4.69) is 15.4 Å². The number of carbonyl (C=O) groups is 1. The maximum atomic E-state index is 11.8. The van der Waals surface area contributed by atoms with Crippen LogP contribution in [0.3, 0.4) is 0 Å². The Bertz CT molecular complexity index is 573. The second-order valence-corrected chi connectivity index (χ2v) is 3.75. The topological polar surface area (TPSA) is 59.8 Å². The van der Waals surface area contributed by atoms with Crippen LogP contribution in [0.2, 0.25) is 0 Å². The largest absolute Gasteiger partial charge is 0.348 e. The summed E-state index contributed by atoms with van der Waals surface area (Å²) >= 11 is 0. The monoisotopic (exact) mass is 214 g/mol. The van der Waals surface area contributed by atoms with Crippen molar-refractivity contribution in [2.75, 3.05) is 5.32 Å². The van der Waals surface area contributed by atoms with Gasteiger partial charge in [0.1, 0.15) is 11.6 Å². The van der Waals surface area contributed by atoms with Crippen molar-refractivity contribution in [1.82, 2.24) is 14.8 Å². The van der Waals surface area contributed by atoms with E-state index < -0.39 is 0 Å². The number of carbonyl (C=O) groups excluding carboxylic acids is 1. The summed E-state index contributed by atoms with van der Waals surface area (Å²) in [5.41, 5.74) is 1.89. The molecular weight excluding hydrogens is 204 g/mol. The minimum absolute atomic E-state index is 0.249. The summed E-state index contributed by atoms with van der Waals surface area (Å²) < 4.78 is 1.33. The third-order valence-electron chi connectivity index (χ3n) is 2.58. The average Bonchev–Trinajstić information content (AvgIpc) is 2.57. The third kappa shape index (κ3) is 1.29. The van der Waals surface area contributed by atoms with Gasteiger partial charge in [-0.15, -0.1) is 5.10 Å². The molecule has 0 radical (unpaired) electrons. The lowest BCUT2D eigenvalue weighted by molar-refractivity contribution is 0.250. The zero-order chi connectivity index (χ0) is 11.1. The van der Waals surface area contributed by atoms with E-state index in [0.717, 1.165) is 11.3 Å². The first-order chi connectivity index (χ1) is 7.74. The summed E-state index contributed by atoms with van der Waals surface area (Å²) in [7, 11) is 0. The fraction of sp³-hybridized carbons (Fsp3) is 0.182. The maximum absolute atomic E-state index is 11.8. The van der Waals surface area contributed by atoms with Crippen molar-refractivity contribution in [2.24, 2.45) is 0 Å². The fourth-order valence-corrected chi connectivity index (χ4v) is 1.87. The van der Waals surface area contributed by atoms with Gasteiger partial charge in [0, 0.05) is 12.1 Å². The van der Waals surface area contributed by atoms with Crippen LogP contribution < -0.4 is 5.32 Å². The first-order valence-corrected chi connectivity index (χ1v) is 5.06. The summed E-state index contributed by atoms with van der Waals surface area (Å²) in [6.07, 6.45) is 0.621.